The predicted molar refractivity (Wildman–Crippen MR) is 70.3 cm³/mol. The summed E-state index contributed by atoms with van der Waals surface area (Å²) in [5.74, 6) is 1.21. The molecule has 3 nitrogen and oxygen atoms in total. The molecular weight excluding hydrogens is 226 g/mol. The van der Waals surface area contributed by atoms with Gasteiger partial charge in [-0.2, -0.15) is 0 Å². The summed E-state index contributed by atoms with van der Waals surface area (Å²) in [6, 6.07) is 0.830. The number of rotatable bonds is 3. The van der Waals surface area contributed by atoms with E-state index in [0.29, 0.717) is 17.9 Å². The number of carboxylic acids is 1. The van der Waals surface area contributed by atoms with Crippen LogP contribution in [0.2, 0.25) is 0 Å². The Bertz CT molecular complexity index is 330. The van der Waals surface area contributed by atoms with Crippen molar-refractivity contribution in [2.45, 2.75) is 64.0 Å². The van der Waals surface area contributed by atoms with Gasteiger partial charge < -0.3 is 10.4 Å². The Labute approximate surface area is 109 Å². The minimum atomic E-state index is -0.566. The third-order valence-electron chi connectivity index (χ3n) is 5.57. The Morgan fingerprint density at radius 2 is 1.89 bits per heavy atom. The molecule has 3 saturated carbocycles. The molecule has 0 amide bonds. The zero-order chi connectivity index (χ0) is 12.7. The summed E-state index contributed by atoms with van der Waals surface area (Å²) in [5, 5.41) is 13.2. The topological polar surface area (TPSA) is 49.3 Å². The lowest BCUT2D eigenvalue weighted by atomic mass is 9.81. The smallest absolute Gasteiger partial charge is 0.308 e. The zero-order valence-corrected chi connectivity index (χ0v) is 11.3. The van der Waals surface area contributed by atoms with Gasteiger partial charge in [-0.25, -0.2) is 0 Å². The molecule has 0 aromatic carbocycles. The maximum atomic E-state index is 11.5. The number of carbonyl (C=O) groups is 1. The Kier molecular flexibility index (Phi) is 3.35. The SMILES string of the molecule is CC1CCCC(NC2C3CCC(C3)C2C(=O)O)C1. The maximum Gasteiger partial charge on any atom is 0.308 e. The fourth-order valence-electron chi connectivity index (χ4n) is 4.74. The van der Waals surface area contributed by atoms with Crippen molar-refractivity contribution in [2.75, 3.05) is 0 Å². The van der Waals surface area contributed by atoms with Crippen molar-refractivity contribution in [3.05, 3.63) is 0 Å². The molecule has 3 heteroatoms. The Morgan fingerprint density at radius 3 is 2.61 bits per heavy atom. The minimum absolute atomic E-state index is 0.110. The number of hydrogen-bond donors (Lipinski definition) is 2. The molecule has 0 aromatic rings. The Hall–Kier alpha value is -0.570. The summed E-state index contributed by atoms with van der Waals surface area (Å²) in [7, 11) is 0. The van der Waals surface area contributed by atoms with E-state index in [1.807, 2.05) is 0 Å². The zero-order valence-electron chi connectivity index (χ0n) is 11.3. The maximum absolute atomic E-state index is 11.5. The van der Waals surface area contributed by atoms with Crippen LogP contribution in [0.25, 0.3) is 0 Å². The summed E-state index contributed by atoms with van der Waals surface area (Å²) in [6.07, 6.45) is 8.66. The molecule has 3 rings (SSSR count). The van der Waals surface area contributed by atoms with Crippen molar-refractivity contribution in [3.63, 3.8) is 0 Å². The van der Waals surface area contributed by atoms with Crippen molar-refractivity contribution >= 4 is 5.97 Å². The molecule has 6 atom stereocenters. The molecule has 2 N–H and O–H groups in total. The van der Waals surface area contributed by atoms with Gasteiger partial charge in [0, 0.05) is 12.1 Å². The van der Waals surface area contributed by atoms with Gasteiger partial charge in [0.25, 0.3) is 0 Å². The molecule has 0 radical (unpaired) electrons. The van der Waals surface area contributed by atoms with E-state index in [1.54, 1.807) is 0 Å². The van der Waals surface area contributed by atoms with Crippen LogP contribution in [0.15, 0.2) is 0 Å². The second-order valence-corrected chi connectivity index (χ2v) is 6.86. The minimum Gasteiger partial charge on any atom is -0.481 e. The summed E-state index contributed by atoms with van der Waals surface area (Å²) in [4.78, 5) is 11.5. The van der Waals surface area contributed by atoms with E-state index in [1.165, 1.54) is 32.1 Å². The normalized spacial score (nSPS) is 47.4. The highest BCUT2D eigenvalue weighted by Gasteiger charge is 2.51. The van der Waals surface area contributed by atoms with Crippen molar-refractivity contribution in [2.24, 2.45) is 23.7 Å². The molecular formula is C15H25NO2. The number of nitrogens with one attached hydrogen (secondary N) is 1. The van der Waals surface area contributed by atoms with E-state index >= 15 is 0 Å². The molecule has 18 heavy (non-hydrogen) atoms. The second-order valence-electron chi connectivity index (χ2n) is 6.86. The molecule has 3 fully saturated rings. The first-order valence-electron chi connectivity index (χ1n) is 7.64. The van der Waals surface area contributed by atoms with E-state index in [9.17, 15) is 9.90 Å². The number of fused-ring (bicyclic) bond motifs is 2. The quantitative estimate of drug-likeness (QED) is 0.810. The van der Waals surface area contributed by atoms with E-state index in [2.05, 4.69) is 12.2 Å². The van der Waals surface area contributed by atoms with E-state index in [-0.39, 0.29) is 12.0 Å². The first kappa shape index (κ1) is 12.5. The molecule has 0 spiro atoms. The van der Waals surface area contributed by atoms with Gasteiger partial charge >= 0.3 is 5.97 Å². The van der Waals surface area contributed by atoms with Gasteiger partial charge in [0.2, 0.25) is 0 Å². The van der Waals surface area contributed by atoms with Gasteiger partial charge in [-0.15, -0.1) is 0 Å². The van der Waals surface area contributed by atoms with Gasteiger partial charge in [0.05, 0.1) is 5.92 Å². The van der Waals surface area contributed by atoms with E-state index in [0.717, 1.165) is 18.8 Å². The summed E-state index contributed by atoms with van der Waals surface area (Å²) < 4.78 is 0. The van der Waals surface area contributed by atoms with Crippen LogP contribution in [0, 0.1) is 23.7 Å². The van der Waals surface area contributed by atoms with Crippen LogP contribution in [0.4, 0.5) is 0 Å². The number of hydrogen-bond acceptors (Lipinski definition) is 2. The lowest BCUT2D eigenvalue weighted by molar-refractivity contribution is -0.144. The highest BCUT2D eigenvalue weighted by Crippen LogP contribution is 2.49. The molecule has 0 aliphatic heterocycles. The van der Waals surface area contributed by atoms with Gasteiger partial charge in [0.1, 0.15) is 0 Å². The van der Waals surface area contributed by atoms with Gasteiger partial charge in [-0.05, 0) is 49.9 Å². The highest BCUT2D eigenvalue weighted by molar-refractivity contribution is 5.72. The average molecular weight is 251 g/mol. The molecule has 3 aliphatic rings. The first-order valence-corrected chi connectivity index (χ1v) is 7.64. The van der Waals surface area contributed by atoms with Crippen LogP contribution in [0.5, 0.6) is 0 Å². The molecule has 0 aromatic heterocycles. The Morgan fingerprint density at radius 1 is 1.11 bits per heavy atom. The third-order valence-corrected chi connectivity index (χ3v) is 5.57. The van der Waals surface area contributed by atoms with Crippen molar-refractivity contribution in [1.29, 1.82) is 0 Å². The summed E-state index contributed by atoms with van der Waals surface area (Å²) >= 11 is 0. The molecule has 0 saturated heterocycles. The Balaban J connectivity index is 1.65. The van der Waals surface area contributed by atoms with Crippen LogP contribution in [0.1, 0.15) is 51.9 Å². The van der Waals surface area contributed by atoms with Gasteiger partial charge in [-0.1, -0.05) is 19.8 Å². The van der Waals surface area contributed by atoms with E-state index in [4.69, 9.17) is 0 Å². The molecule has 0 heterocycles. The fraction of sp³-hybridized carbons (Fsp3) is 0.933. The van der Waals surface area contributed by atoms with Crippen molar-refractivity contribution < 1.29 is 9.90 Å². The third kappa shape index (κ3) is 2.18. The van der Waals surface area contributed by atoms with E-state index < -0.39 is 5.97 Å². The van der Waals surface area contributed by atoms with Crippen LogP contribution in [-0.2, 0) is 4.79 Å². The largest absolute Gasteiger partial charge is 0.481 e. The highest BCUT2D eigenvalue weighted by atomic mass is 16.4. The molecule has 2 bridgehead atoms. The van der Waals surface area contributed by atoms with Crippen molar-refractivity contribution in [1.82, 2.24) is 5.32 Å². The lowest BCUT2D eigenvalue weighted by Crippen LogP contribution is -2.49. The molecule has 102 valence electrons. The number of aliphatic carboxylic acids is 1. The van der Waals surface area contributed by atoms with Crippen LogP contribution >= 0.6 is 0 Å². The summed E-state index contributed by atoms with van der Waals surface area (Å²) in [6.45, 7) is 2.32. The van der Waals surface area contributed by atoms with Crippen LogP contribution < -0.4 is 5.32 Å². The lowest BCUT2D eigenvalue weighted by Gasteiger charge is -2.35. The van der Waals surface area contributed by atoms with Crippen LogP contribution in [0.3, 0.4) is 0 Å². The molecule has 6 unspecified atom stereocenters. The van der Waals surface area contributed by atoms with Gasteiger partial charge in [-0.3, -0.25) is 4.79 Å². The fourth-order valence-corrected chi connectivity index (χ4v) is 4.74. The van der Waals surface area contributed by atoms with Gasteiger partial charge in [0.15, 0.2) is 0 Å². The molecule has 3 aliphatic carbocycles. The monoisotopic (exact) mass is 251 g/mol. The second kappa shape index (κ2) is 4.84. The predicted octanol–water partition coefficient (Wildman–Crippen LogP) is 2.65. The first-order chi connectivity index (χ1) is 8.65. The number of carboxylic acid groups (broad SMARTS) is 1. The average Bonchev–Trinajstić information content (AvgIpc) is 2.89. The van der Waals surface area contributed by atoms with Crippen LogP contribution in [-0.4, -0.2) is 23.2 Å². The standard InChI is InChI=1S/C15H25NO2/c1-9-3-2-4-12(7-9)16-14-11-6-5-10(8-11)13(14)15(17)18/h9-14,16H,2-8H2,1H3,(H,17,18). The van der Waals surface area contributed by atoms with Crippen molar-refractivity contribution in [3.8, 4) is 0 Å². The summed E-state index contributed by atoms with van der Waals surface area (Å²) in [5.41, 5.74) is 0.